The summed E-state index contributed by atoms with van der Waals surface area (Å²) in [5.74, 6) is 0.806. The fourth-order valence-electron chi connectivity index (χ4n) is 3.52. The van der Waals surface area contributed by atoms with E-state index in [1.807, 2.05) is 6.92 Å². The molecule has 1 atom stereocenters. The number of aliphatic hydroxyl groups excluding tert-OH is 1. The number of nitrogens with two attached hydrogens (primary N) is 1. The Morgan fingerprint density at radius 3 is 2.72 bits per heavy atom. The van der Waals surface area contributed by atoms with Crippen molar-refractivity contribution in [3.05, 3.63) is 40.1 Å². The Morgan fingerprint density at radius 1 is 1.41 bits per heavy atom. The molecule has 1 amide bonds. The van der Waals surface area contributed by atoms with E-state index < -0.39 is 5.54 Å². The molecule has 4 N–H and O–H groups in total. The van der Waals surface area contributed by atoms with Crippen molar-refractivity contribution >= 4 is 29.5 Å². The first-order chi connectivity index (χ1) is 13.8. The number of furan rings is 1. The third kappa shape index (κ3) is 4.55. The summed E-state index contributed by atoms with van der Waals surface area (Å²) in [6.07, 6.45) is 0.794. The average Bonchev–Trinajstić information content (AvgIpc) is 3.03. The lowest BCUT2D eigenvalue weighted by atomic mass is 9.90. The molecule has 0 aliphatic carbocycles. The summed E-state index contributed by atoms with van der Waals surface area (Å²) < 4.78 is 17.1. The Hall–Kier alpha value is -2.16. The predicted molar refractivity (Wildman–Crippen MR) is 114 cm³/mol. The minimum atomic E-state index is -0.682. The molecule has 1 aromatic heterocycles. The van der Waals surface area contributed by atoms with Gasteiger partial charge in [0.25, 0.3) is 5.91 Å². The van der Waals surface area contributed by atoms with E-state index >= 15 is 0 Å². The topological polar surface area (TPSA) is 107 Å². The van der Waals surface area contributed by atoms with Gasteiger partial charge in [-0.05, 0) is 51.8 Å². The van der Waals surface area contributed by atoms with Gasteiger partial charge in [-0.25, -0.2) is 0 Å². The molecule has 158 valence electrons. The van der Waals surface area contributed by atoms with Gasteiger partial charge in [-0.2, -0.15) is 0 Å². The molecule has 1 fully saturated rings. The van der Waals surface area contributed by atoms with Crippen molar-refractivity contribution in [3.63, 3.8) is 0 Å². The second kappa shape index (κ2) is 8.69. The Morgan fingerprint density at radius 2 is 2.10 bits per heavy atom. The van der Waals surface area contributed by atoms with Crippen LogP contribution in [0.4, 0.5) is 0 Å². The van der Waals surface area contributed by atoms with Crippen LogP contribution >= 0.6 is 12.6 Å². The van der Waals surface area contributed by atoms with Crippen molar-refractivity contribution in [3.8, 4) is 5.75 Å². The standard InChI is InChI=1S/C21H28N2O5S/c1-12(22)19(29)14(3)27-15-4-5-17-16(10-15)18(13(2)28-17)20(25)23-21(11-24)6-8-26-9-7-21/h4-5,10,14,24,29H,6-9,11,22H2,1-3H3,(H,23,25)/b19-12-. The van der Waals surface area contributed by atoms with Crippen LogP contribution in [0.5, 0.6) is 5.75 Å². The maximum atomic E-state index is 13.1. The van der Waals surface area contributed by atoms with Gasteiger partial charge in [0.15, 0.2) is 0 Å². The molecule has 0 bridgehead atoms. The number of fused-ring (bicyclic) bond motifs is 1. The molecule has 0 saturated carbocycles. The van der Waals surface area contributed by atoms with Gasteiger partial charge in [-0.3, -0.25) is 4.79 Å². The number of allylic oxidation sites excluding steroid dienone is 1. The lowest BCUT2D eigenvalue weighted by molar-refractivity contribution is 0.0125. The maximum absolute atomic E-state index is 13.1. The van der Waals surface area contributed by atoms with Gasteiger partial charge in [0.05, 0.1) is 17.7 Å². The molecule has 1 aliphatic heterocycles. The van der Waals surface area contributed by atoms with E-state index in [4.69, 9.17) is 19.6 Å². The first kappa shape index (κ1) is 21.5. The summed E-state index contributed by atoms with van der Waals surface area (Å²) in [6, 6.07) is 5.33. The molecule has 2 aromatic rings. The average molecular weight is 421 g/mol. The monoisotopic (exact) mass is 420 g/mol. The van der Waals surface area contributed by atoms with Crippen LogP contribution in [-0.2, 0) is 4.74 Å². The number of carbonyl (C=O) groups is 1. The van der Waals surface area contributed by atoms with E-state index in [-0.39, 0.29) is 18.6 Å². The van der Waals surface area contributed by atoms with Gasteiger partial charge in [-0.1, -0.05) is 0 Å². The summed E-state index contributed by atoms with van der Waals surface area (Å²) >= 11 is 4.39. The summed E-state index contributed by atoms with van der Waals surface area (Å²) in [5, 5.41) is 13.5. The number of aliphatic hydroxyl groups is 1. The highest BCUT2D eigenvalue weighted by molar-refractivity contribution is 7.84. The van der Waals surface area contributed by atoms with Gasteiger partial charge in [0.1, 0.15) is 23.2 Å². The SMILES string of the molecule is C/C(N)=C(/S)C(C)Oc1ccc2oc(C)c(C(=O)NC3(CO)CCOCC3)c2c1. The number of nitrogens with one attached hydrogen (secondary N) is 1. The van der Waals surface area contributed by atoms with Crippen LogP contribution < -0.4 is 15.8 Å². The molecule has 0 spiro atoms. The van der Waals surface area contributed by atoms with Gasteiger partial charge in [-0.15, -0.1) is 12.6 Å². The number of rotatable bonds is 6. The number of thiol groups is 1. The van der Waals surface area contributed by atoms with E-state index in [1.165, 1.54) is 0 Å². The minimum Gasteiger partial charge on any atom is -0.485 e. The first-order valence-electron chi connectivity index (χ1n) is 9.62. The summed E-state index contributed by atoms with van der Waals surface area (Å²) in [7, 11) is 0. The third-order valence-electron chi connectivity index (χ3n) is 5.30. The molecule has 1 aromatic carbocycles. The summed E-state index contributed by atoms with van der Waals surface area (Å²) in [5.41, 5.74) is 6.73. The molecule has 3 rings (SSSR count). The van der Waals surface area contributed by atoms with Crippen molar-refractivity contribution in [2.45, 2.75) is 45.3 Å². The van der Waals surface area contributed by atoms with Crippen molar-refractivity contribution in [1.82, 2.24) is 5.32 Å². The van der Waals surface area contributed by atoms with Crippen molar-refractivity contribution < 1.29 is 23.8 Å². The van der Waals surface area contributed by atoms with E-state index in [1.54, 1.807) is 32.0 Å². The normalized spacial score (nSPS) is 18.2. The zero-order chi connectivity index (χ0) is 21.2. The number of aryl methyl sites for hydroxylation is 1. The lowest BCUT2D eigenvalue weighted by Gasteiger charge is -2.36. The number of ether oxygens (including phenoxy) is 2. The fraction of sp³-hybridized carbons (Fsp3) is 0.476. The Balaban J connectivity index is 1.90. The molecule has 8 heteroatoms. The Bertz CT molecular complexity index is 927. The van der Waals surface area contributed by atoms with E-state index in [0.717, 1.165) is 0 Å². The highest BCUT2D eigenvalue weighted by atomic mass is 32.1. The highest BCUT2D eigenvalue weighted by Gasteiger charge is 2.35. The first-order valence-corrected chi connectivity index (χ1v) is 10.1. The molecular formula is C21H28N2O5S. The molecular weight excluding hydrogens is 392 g/mol. The van der Waals surface area contributed by atoms with Crippen molar-refractivity contribution in [2.75, 3.05) is 19.8 Å². The second-order valence-electron chi connectivity index (χ2n) is 7.52. The lowest BCUT2D eigenvalue weighted by Crippen LogP contribution is -2.54. The molecule has 1 saturated heterocycles. The predicted octanol–water partition coefficient (Wildman–Crippen LogP) is 2.90. The van der Waals surface area contributed by atoms with Crippen LogP contribution in [-0.4, -0.2) is 42.5 Å². The van der Waals surface area contributed by atoms with Gasteiger partial charge < -0.3 is 30.0 Å². The number of amides is 1. The maximum Gasteiger partial charge on any atom is 0.255 e. The van der Waals surface area contributed by atoms with Crippen LogP contribution in [0.2, 0.25) is 0 Å². The van der Waals surface area contributed by atoms with Crippen LogP contribution in [0.15, 0.2) is 33.2 Å². The van der Waals surface area contributed by atoms with Crippen LogP contribution in [0.1, 0.15) is 42.8 Å². The fourth-order valence-corrected chi connectivity index (χ4v) is 3.58. The molecule has 1 aliphatic rings. The second-order valence-corrected chi connectivity index (χ2v) is 8.01. The van der Waals surface area contributed by atoms with E-state index in [2.05, 4.69) is 17.9 Å². The van der Waals surface area contributed by atoms with Gasteiger partial charge >= 0.3 is 0 Å². The van der Waals surface area contributed by atoms with Crippen LogP contribution in [0.3, 0.4) is 0 Å². The quantitative estimate of drug-likeness (QED) is 0.536. The molecule has 29 heavy (non-hydrogen) atoms. The number of carbonyl (C=O) groups excluding carboxylic acids is 1. The third-order valence-corrected chi connectivity index (χ3v) is 6.01. The summed E-state index contributed by atoms with van der Waals surface area (Å²) in [6.45, 7) is 6.23. The number of hydrogen-bond acceptors (Lipinski definition) is 7. The van der Waals surface area contributed by atoms with Gasteiger partial charge in [0.2, 0.25) is 0 Å². The van der Waals surface area contributed by atoms with Crippen molar-refractivity contribution in [1.29, 1.82) is 0 Å². The Kier molecular flexibility index (Phi) is 6.45. The zero-order valence-electron chi connectivity index (χ0n) is 16.9. The number of hydrogen-bond donors (Lipinski definition) is 4. The van der Waals surface area contributed by atoms with Crippen molar-refractivity contribution in [2.24, 2.45) is 5.73 Å². The van der Waals surface area contributed by atoms with Crippen LogP contribution in [0, 0.1) is 6.92 Å². The molecule has 1 unspecified atom stereocenters. The number of benzene rings is 1. The largest absolute Gasteiger partial charge is 0.485 e. The Labute approximate surface area is 175 Å². The molecule has 2 heterocycles. The molecule has 7 nitrogen and oxygen atoms in total. The van der Waals surface area contributed by atoms with E-state index in [9.17, 15) is 9.90 Å². The van der Waals surface area contributed by atoms with Gasteiger partial charge in [0, 0.05) is 29.2 Å². The minimum absolute atomic E-state index is 0.141. The molecule has 0 radical (unpaired) electrons. The summed E-state index contributed by atoms with van der Waals surface area (Å²) in [4.78, 5) is 13.8. The van der Waals surface area contributed by atoms with Crippen LogP contribution in [0.25, 0.3) is 11.0 Å². The highest BCUT2D eigenvalue weighted by Crippen LogP contribution is 2.31. The smallest absolute Gasteiger partial charge is 0.255 e. The zero-order valence-corrected chi connectivity index (χ0v) is 17.8. The van der Waals surface area contributed by atoms with E-state index in [0.29, 0.717) is 64.7 Å².